The second kappa shape index (κ2) is 9.98. The maximum absolute atomic E-state index is 13.3. The van der Waals surface area contributed by atoms with Gasteiger partial charge in [-0.05, 0) is 54.8 Å². The minimum Gasteiger partial charge on any atom is -0.497 e. The van der Waals surface area contributed by atoms with Crippen molar-refractivity contribution in [1.82, 2.24) is 4.90 Å². The number of sulfone groups is 1. The van der Waals surface area contributed by atoms with Crippen LogP contribution in [0, 0.1) is 0 Å². The summed E-state index contributed by atoms with van der Waals surface area (Å²) in [5.41, 5.74) is 1.45. The molecule has 0 aromatic heterocycles. The quantitative estimate of drug-likeness (QED) is 0.566. The Balaban J connectivity index is 1.79. The number of hydrogen-bond acceptors (Lipinski definition) is 5. The van der Waals surface area contributed by atoms with E-state index < -0.39 is 9.84 Å². The molecule has 1 fully saturated rings. The van der Waals surface area contributed by atoms with E-state index in [0.717, 1.165) is 29.9 Å². The summed E-state index contributed by atoms with van der Waals surface area (Å²) in [4.78, 5) is 15.0. The molecule has 0 radical (unpaired) electrons. The maximum atomic E-state index is 13.3. The van der Waals surface area contributed by atoms with Crippen molar-refractivity contribution in [2.45, 2.75) is 38.8 Å². The van der Waals surface area contributed by atoms with Gasteiger partial charge in [-0.2, -0.15) is 0 Å². The molecule has 30 heavy (non-hydrogen) atoms. The number of hydrogen-bond donors (Lipinski definition) is 0. The van der Waals surface area contributed by atoms with Crippen molar-refractivity contribution in [3.05, 3.63) is 59.7 Å². The average Bonchev–Trinajstić information content (AvgIpc) is 3.12. The van der Waals surface area contributed by atoms with Crippen molar-refractivity contribution >= 4 is 15.7 Å². The summed E-state index contributed by atoms with van der Waals surface area (Å²) in [5, 5.41) is 0. The van der Waals surface area contributed by atoms with Crippen LogP contribution in [0.25, 0.3) is 0 Å². The highest BCUT2D eigenvalue weighted by Crippen LogP contribution is 2.24. The van der Waals surface area contributed by atoms with Crippen LogP contribution >= 0.6 is 0 Å². The Hall–Kier alpha value is -2.54. The molecule has 2 aromatic rings. The van der Waals surface area contributed by atoms with Crippen molar-refractivity contribution in [2.24, 2.45) is 0 Å². The summed E-state index contributed by atoms with van der Waals surface area (Å²) >= 11 is 0. The predicted molar refractivity (Wildman–Crippen MR) is 117 cm³/mol. The molecule has 0 unspecified atom stereocenters. The van der Waals surface area contributed by atoms with Crippen LogP contribution in [-0.2, 0) is 16.4 Å². The van der Waals surface area contributed by atoms with Crippen LogP contribution in [0.3, 0.4) is 0 Å². The molecule has 0 bridgehead atoms. The number of carbonyl (C=O) groups is 1. The van der Waals surface area contributed by atoms with Gasteiger partial charge in [-0.1, -0.05) is 25.5 Å². The second-order valence-electron chi connectivity index (χ2n) is 7.56. The first kappa shape index (κ1) is 22.2. The molecule has 1 aliphatic rings. The van der Waals surface area contributed by atoms with Gasteiger partial charge in [0.25, 0.3) is 5.91 Å². The molecule has 1 saturated heterocycles. The van der Waals surface area contributed by atoms with Gasteiger partial charge in [0.1, 0.15) is 11.5 Å². The molecule has 0 aliphatic carbocycles. The number of carbonyl (C=O) groups excluding carboxylic acids is 1. The number of methoxy groups -OCH3 is 1. The lowest BCUT2D eigenvalue weighted by atomic mass is 10.1. The van der Waals surface area contributed by atoms with Crippen LogP contribution in [0.5, 0.6) is 11.5 Å². The summed E-state index contributed by atoms with van der Waals surface area (Å²) < 4.78 is 34.9. The molecule has 1 amide bonds. The van der Waals surface area contributed by atoms with E-state index in [-0.39, 0.29) is 23.5 Å². The molecule has 0 N–H and O–H groups in total. The molecule has 7 heteroatoms. The summed E-state index contributed by atoms with van der Waals surface area (Å²) in [6.45, 7) is 3.09. The zero-order chi connectivity index (χ0) is 21.6. The Morgan fingerprint density at radius 3 is 2.30 bits per heavy atom. The number of amides is 1. The molecule has 3 rings (SSSR count). The van der Waals surface area contributed by atoms with Crippen molar-refractivity contribution in [3.8, 4) is 11.5 Å². The maximum Gasteiger partial charge on any atom is 0.254 e. The lowest BCUT2D eigenvalue weighted by Crippen LogP contribution is -2.40. The van der Waals surface area contributed by atoms with Crippen molar-refractivity contribution < 1.29 is 22.7 Å². The lowest BCUT2D eigenvalue weighted by Gasteiger charge is -2.28. The Labute approximate surface area is 178 Å². The molecule has 0 saturated carbocycles. The predicted octanol–water partition coefficient (Wildman–Crippen LogP) is 3.70. The highest BCUT2D eigenvalue weighted by Gasteiger charge is 2.35. The third-order valence-electron chi connectivity index (χ3n) is 5.29. The zero-order valence-corrected chi connectivity index (χ0v) is 18.4. The highest BCUT2D eigenvalue weighted by atomic mass is 32.2. The van der Waals surface area contributed by atoms with Gasteiger partial charge in [-0.15, -0.1) is 0 Å². The third kappa shape index (κ3) is 5.75. The van der Waals surface area contributed by atoms with Crippen LogP contribution < -0.4 is 9.47 Å². The summed E-state index contributed by atoms with van der Waals surface area (Å²) in [7, 11) is -1.51. The minimum absolute atomic E-state index is 0.00705. The van der Waals surface area contributed by atoms with Gasteiger partial charge in [-0.25, -0.2) is 8.42 Å². The van der Waals surface area contributed by atoms with E-state index in [1.807, 2.05) is 24.3 Å². The molecular weight excluding hydrogens is 402 g/mol. The van der Waals surface area contributed by atoms with Gasteiger partial charge in [0, 0.05) is 18.2 Å². The fraction of sp³-hybridized carbons (Fsp3) is 0.435. The summed E-state index contributed by atoms with van der Waals surface area (Å²) in [6, 6.07) is 14.2. The van der Waals surface area contributed by atoms with Crippen LogP contribution in [0.4, 0.5) is 0 Å². The monoisotopic (exact) mass is 431 g/mol. The van der Waals surface area contributed by atoms with E-state index in [9.17, 15) is 13.2 Å². The largest absolute Gasteiger partial charge is 0.497 e. The van der Waals surface area contributed by atoms with E-state index in [4.69, 9.17) is 9.47 Å². The zero-order valence-electron chi connectivity index (χ0n) is 17.5. The van der Waals surface area contributed by atoms with Gasteiger partial charge >= 0.3 is 0 Å². The van der Waals surface area contributed by atoms with Gasteiger partial charge in [-0.3, -0.25) is 4.79 Å². The Morgan fingerprint density at radius 1 is 1.07 bits per heavy atom. The molecule has 162 valence electrons. The normalized spacial score (nSPS) is 17.5. The average molecular weight is 432 g/mol. The lowest BCUT2D eigenvalue weighted by molar-refractivity contribution is 0.0681. The molecule has 0 spiro atoms. The summed E-state index contributed by atoms with van der Waals surface area (Å²) in [6.07, 6.45) is 2.50. The number of ether oxygens (including phenoxy) is 2. The van der Waals surface area contributed by atoms with E-state index in [0.29, 0.717) is 25.1 Å². The third-order valence-corrected chi connectivity index (χ3v) is 7.04. The van der Waals surface area contributed by atoms with Crippen molar-refractivity contribution in [2.75, 3.05) is 25.2 Å². The molecule has 1 atom stereocenters. The van der Waals surface area contributed by atoms with Crippen molar-refractivity contribution in [3.63, 3.8) is 0 Å². The van der Waals surface area contributed by atoms with E-state index in [2.05, 4.69) is 6.92 Å². The smallest absolute Gasteiger partial charge is 0.254 e. The molecular formula is C23H29NO5S. The van der Waals surface area contributed by atoms with Gasteiger partial charge in [0.2, 0.25) is 0 Å². The van der Waals surface area contributed by atoms with E-state index >= 15 is 0 Å². The number of benzene rings is 2. The van der Waals surface area contributed by atoms with Crippen LogP contribution in [0.15, 0.2) is 48.5 Å². The SMILES string of the molecule is CCCCOc1ccc(C(=O)N(Cc2ccc(OC)cc2)[C@@H]2CCS(=O)(=O)C2)cc1. The fourth-order valence-corrected chi connectivity index (χ4v) is 5.24. The second-order valence-corrected chi connectivity index (χ2v) is 9.79. The molecule has 1 aliphatic heterocycles. The number of nitrogens with zero attached hydrogens (tertiary/aromatic N) is 1. The summed E-state index contributed by atoms with van der Waals surface area (Å²) in [5.74, 6) is 1.42. The Kier molecular flexibility index (Phi) is 7.37. The number of rotatable bonds is 9. The molecule has 6 nitrogen and oxygen atoms in total. The van der Waals surface area contributed by atoms with E-state index in [1.54, 1.807) is 36.3 Å². The van der Waals surface area contributed by atoms with Crippen LogP contribution in [0.1, 0.15) is 42.1 Å². The minimum atomic E-state index is -3.11. The first-order valence-electron chi connectivity index (χ1n) is 10.3. The fourth-order valence-electron chi connectivity index (χ4n) is 3.51. The molecule has 1 heterocycles. The van der Waals surface area contributed by atoms with Crippen LogP contribution in [-0.4, -0.2) is 50.5 Å². The van der Waals surface area contributed by atoms with Crippen LogP contribution in [0.2, 0.25) is 0 Å². The number of unbranched alkanes of at least 4 members (excludes halogenated alkanes) is 1. The van der Waals surface area contributed by atoms with Gasteiger partial charge in [0.05, 0.1) is 25.2 Å². The molecule has 2 aromatic carbocycles. The standard InChI is InChI=1S/C23H29NO5S/c1-3-4-14-29-22-11-7-19(8-12-22)23(25)24(20-13-15-30(26,27)17-20)16-18-5-9-21(28-2)10-6-18/h5-12,20H,3-4,13-17H2,1-2H3/t20-/m1/s1. The van der Waals surface area contributed by atoms with Gasteiger partial charge in [0.15, 0.2) is 9.84 Å². The highest BCUT2D eigenvalue weighted by molar-refractivity contribution is 7.91. The first-order valence-corrected chi connectivity index (χ1v) is 12.1. The Morgan fingerprint density at radius 2 is 1.73 bits per heavy atom. The topological polar surface area (TPSA) is 72.9 Å². The Bertz CT molecular complexity index is 939. The first-order chi connectivity index (χ1) is 14.4. The van der Waals surface area contributed by atoms with Crippen molar-refractivity contribution in [1.29, 1.82) is 0 Å². The van der Waals surface area contributed by atoms with Gasteiger partial charge < -0.3 is 14.4 Å². The van der Waals surface area contributed by atoms with E-state index in [1.165, 1.54) is 0 Å².